The number of ether oxygens (including phenoxy) is 1. The predicted octanol–water partition coefficient (Wildman–Crippen LogP) is 2.71. The van der Waals surface area contributed by atoms with E-state index in [0.29, 0.717) is 0 Å². The highest BCUT2D eigenvalue weighted by molar-refractivity contribution is 5.59. The van der Waals surface area contributed by atoms with Crippen LogP contribution < -0.4 is 4.74 Å². The minimum Gasteiger partial charge on any atom is -0.497 e. The summed E-state index contributed by atoms with van der Waals surface area (Å²) in [6, 6.07) is 11.8. The largest absolute Gasteiger partial charge is 0.497 e. The van der Waals surface area contributed by atoms with Crippen molar-refractivity contribution >= 4 is 0 Å². The molecule has 0 unspecified atom stereocenters. The highest BCUT2D eigenvalue weighted by atomic mass is 16.5. The van der Waals surface area contributed by atoms with Crippen LogP contribution in [0.25, 0.3) is 11.3 Å². The smallest absolute Gasteiger partial charge is 0.118 e. The fraction of sp³-hybridized carbons (Fsp3) is 0.231. The Morgan fingerprint density at radius 1 is 1.00 bits per heavy atom. The van der Waals surface area contributed by atoms with Crippen molar-refractivity contribution in [1.82, 2.24) is 10.2 Å². The first-order valence-corrected chi connectivity index (χ1v) is 5.30. The summed E-state index contributed by atoms with van der Waals surface area (Å²) in [6.07, 6.45) is 0.913. The van der Waals surface area contributed by atoms with Gasteiger partial charge in [-0.1, -0.05) is 6.92 Å². The molecule has 1 aromatic heterocycles. The molecule has 1 heterocycles. The van der Waals surface area contributed by atoms with Crippen LogP contribution in [-0.4, -0.2) is 17.3 Å². The average Bonchev–Trinajstić information content (AvgIpc) is 2.39. The lowest BCUT2D eigenvalue weighted by Gasteiger charge is -2.02. The average molecular weight is 214 g/mol. The number of hydrogen-bond acceptors (Lipinski definition) is 3. The minimum absolute atomic E-state index is 0.849. The zero-order valence-electron chi connectivity index (χ0n) is 9.47. The monoisotopic (exact) mass is 214 g/mol. The molecule has 3 heteroatoms. The second-order valence-corrected chi connectivity index (χ2v) is 3.49. The van der Waals surface area contributed by atoms with E-state index >= 15 is 0 Å². The molecule has 0 spiro atoms. The van der Waals surface area contributed by atoms with Gasteiger partial charge in [0.15, 0.2) is 0 Å². The molecule has 0 aliphatic carbocycles. The SMILES string of the molecule is CCc1ccc(-c2ccc(OC)cc2)nn1. The second kappa shape index (κ2) is 4.75. The van der Waals surface area contributed by atoms with Gasteiger partial charge in [-0.05, 0) is 42.8 Å². The highest BCUT2D eigenvalue weighted by Crippen LogP contribution is 2.19. The number of methoxy groups -OCH3 is 1. The number of hydrogen-bond donors (Lipinski definition) is 0. The first-order valence-electron chi connectivity index (χ1n) is 5.30. The van der Waals surface area contributed by atoms with Gasteiger partial charge in [-0.2, -0.15) is 10.2 Å². The van der Waals surface area contributed by atoms with Gasteiger partial charge < -0.3 is 4.74 Å². The van der Waals surface area contributed by atoms with Crippen LogP contribution in [0.15, 0.2) is 36.4 Å². The lowest BCUT2D eigenvalue weighted by molar-refractivity contribution is 0.415. The predicted molar refractivity (Wildman–Crippen MR) is 63.4 cm³/mol. The summed E-state index contributed by atoms with van der Waals surface area (Å²) in [5.41, 5.74) is 2.95. The summed E-state index contributed by atoms with van der Waals surface area (Å²) in [5, 5.41) is 8.32. The van der Waals surface area contributed by atoms with E-state index in [1.54, 1.807) is 7.11 Å². The van der Waals surface area contributed by atoms with E-state index in [-0.39, 0.29) is 0 Å². The quantitative estimate of drug-likeness (QED) is 0.788. The Hall–Kier alpha value is -1.90. The van der Waals surface area contributed by atoms with Gasteiger partial charge in [-0.25, -0.2) is 0 Å². The van der Waals surface area contributed by atoms with Gasteiger partial charge in [-0.3, -0.25) is 0 Å². The molecule has 0 radical (unpaired) electrons. The van der Waals surface area contributed by atoms with Crippen LogP contribution in [0.4, 0.5) is 0 Å². The van der Waals surface area contributed by atoms with E-state index in [0.717, 1.165) is 29.1 Å². The summed E-state index contributed by atoms with van der Waals surface area (Å²) in [7, 11) is 1.66. The van der Waals surface area contributed by atoms with Crippen molar-refractivity contribution in [2.24, 2.45) is 0 Å². The third-order valence-corrected chi connectivity index (χ3v) is 2.47. The summed E-state index contributed by atoms with van der Waals surface area (Å²) >= 11 is 0. The molecule has 16 heavy (non-hydrogen) atoms. The van der Waals surface area contributed by atoms with Crippen LogP contribution in [0.1, 0.15) is 12.6 Å². The summed E-state index contributed by atoms with van der Waals surface area (Å²) in [4.78, 5) is 0. The van der Waals surface area contributed by atoms with Crippen molar-refractivity contribution in [2.75, 3.05) is 7.11 Å². The molecule has 0 N–H and O–H groups in total. The van der Waals surface area contributed by atoms with Crippen molar-refractivity contribution in [3.05, 3.63) is 42.1 Å². The van der Waals surface area contributed by atoms with Gasteiger partial charge in [-0.15, -0.1) is 0 Å². The molecule has 0 amide bonds. The van der Waals surface area contributed by atoms with Crippen LogP contribution in [-0.2, 0) is 6.42 Å². The van der Waals surface area contributed by atoms with Crippen molar-refractivity contribution in [2.45, 2.75) is 13.3 Å². The number of nitrogens with zero attached hydrogens (tertiary/aromatic N) is 2. The Morgan fingerprint density at radius 2 is 1.75 bits per heavy atom. The molecule has 2 rings (SSSR count). The molecule has 1 aromatic carbocycles. The molecule has 0 bridgehead atoms. The zero-order chi connectivity index (χ0) is 11.4. The van der Waals surface area contributed by atoms with Crippen molar-refractivity contribution in [3.8, 4) is 17.0 Å². The molecule has 0 aliphatic heterocycles. The number of benzene rings is 1. The van der Waals surface area contributed by atoms with E-state index in [1.807, 2.05) is 36.4 Å². The molecule has 0 atom stereocenters. The number of rotatable bonds is 3. The van der Waals surface area contributed by atoms with Gasteiger partial charge in [0.1, 0.15) is 5.75 Å². The van der Waals surface area contributed by atoms with Crippen LogP contribution in [0.5, 0.6) is 5.75 Å². The summed E-state index contributed by atoms with van der Waals surface area (Å²) in [6.45, 7) is 2.07. The number of aromatic nitrogens is 2. The maximum Gasteiger partial charge on any atom is 0.118 e. The maximum atomic E-state index is 5.11. The molecule has 0 fully saturated rings. The van der Waals surface area contributed by atoms with E-state index in [4.69, 9.17) is 4.74 Å². The van der Waals surface area contributed by atoms with Gasteiger partial charge in [0, 0.05) is 5.56 Å². The van der Waals surface area contributed by atoms with Gasteiger partial charge in [0.05, 0.1) is 18.5 Å². The van der Waals surface area contributed by atoms with Crippen molar-refractivity contribution in [1.29, 1.82) is 0 Å². The van der Waals surface area contributed by atoms with Crippen molar-refractivity contribution < 1.29 is 4.74 Å². The molecular formula is C13H14N2O. The van der Waals surface area contributed by atoms with Gasteiger partial charge in [0.25, 0.3) is 0 Å². The first-order chi connectivity index (χ1) is 7.83. The fourth-order valence-corrected chi connectivity index (χ4v) is 1.46. The molecule has 0 saturated carbocycles. The third kappa shape index (κ3) is 2.19. The van der Waals surface area contributed by atoms with Crippen LogP contribution in [0.3, 0.4) is 0 Å². The molecule has 0 aliphatic rings. The van der Waals surface area contributed by atoms with Crippen LogP contribution >= 0.6 is 0 Å². The molecule has 3 nitrogen and oxygen atoms in total. The first kappa shape index (κ1) is 10.6. The molecule has 2 aromatic rings. The lowest BCUT2D eigenvalue weighted by atomic mass is 10.1. The van der Waals surface area contributed by atoms with E-state index in [2.05, 4.69) is 17.1 Å². The highest BCUT2D eigenvalue weighted by Gasteiger charge is 2.00. The molecule has 0 saturated heterocycles. The maximum absolute atomic E-state index is 5.11. The van der Waals surface area contributed by atoms with Gasteiger partial charge in [0.2, 0.25) is 0 Å². The lowest BCUT2D eigenvalue weighted by Crippen LogP contribution is -1.92. The Balaban J connectivity index is 2.28. The van der Waals surface area contributed by atoms with E-state index < -0.39 is 0 Å². The zero-order valence-corrected chi connectivity index (χ0v) is 9.47. The van der Waals surface area contributed by atoms with Crippen LogP contribution in [0.2, 0.25) is 0 Å². The van der Waals surface area contributed by atoms with E-state index in [9.17, 15) is 0 Å². The topological polar surface area (TPSA) is 35.0 Å². The summed E-state index contributed by atoms with van der Waals surface area (Å²) < 4.78 is 5.11. The molecular weight excluding hydrogens is 200 g/mol. The van der Waals surface area contributed by atoms with Gasteiger partial charge >= 0.3 is 0 Å². The van der Waals surface area contributed by atoms with Crippen LogP contribution in [0, 0.1) is 0 Å². The third-order valence-electron chi connectivity index (χ3n) is 2.47. The molecule has 82 valence electrons. The Labute approximate surface area is 95.1 Å². The van der Waals surface area contributed by atoms with Crippen molar-refractivity contribution in [3.63, 3.8) is 0 Å². The van der Waals surface area contributed by atoms with E-state index in [1.165, 1.54) is 0 Å². The summed E-state index contributed by atoms with van der Waals surface area (Å²) in [5.74, 6) is 0.849. The Kier molecular flexibility index (Phi) is 3.15. The normalized spacial score (nSPS) is 10.1. The standard InChI is InChI=1S/C13H14N2O/c1-3-11-6-9-13(15-14-11)10-4-7-12(16-2)8-5-10/h4-9H,3H2,1-2H3. The minimum atomic E-state index is 0.849. The fourth-order valence-electron chi connectivity index (χ4n) is 1.46. The Bertz CT molecular complexity index is 403. The number of aryl methyl sites for hydroxylation is 1. The Morgan fingerprint density at radius 3 is 2.25 bits per heavy atom. The second-order valence-electron chi connectivity index (χ2n) is 3.49.